The van der Waals surface area contributed by atoms with Crippen LogP contribution in [0.15, 0.2) is 72.8 Å². The Kier molecular flexibility index (Phi) is 7.00. The molecule has 2 saturated heterocycles. The monoisotopic (exact) mass is 504 g/mol. The van der Waals surface area contributed by atoms with E-state index in [1.54, 1.807) is 54.6 Å². The van der Waals surface area contributed by atoms with Crippen molar-refractivity contribution in [1.29, 1.82) is 0 Å². The van der Waals surface area contributed by atoms with E-state index in [9.17, 15) is 9.59 Å². The number of nitrogen functional groups attached to an aromatic ring is 1. The summed E-state index contributed by atoms with van der Waals surface area (Å²) in [5, 5.41) is 6.04. The van der Waals surface area contributed by atoms with Crippen LogP contribution in [0, 0.1) is 5.92 Å². The lowest BCUT2D eigenvalue weighted by Gasteiger charge is -2.47. The van der Waals surface area contributed by atoms with Crippen molar-refractivity contribution in [3.05, 3.63) is 83.4 Å². The summed E-state index contributed by atoms with van der Waals surface area (Å²) in [5.41, 5.74) is 9.67. The molecule has 3 fully saturated rings. The number of rotatable bonds is 6. The third-order valence-corrected chi connectivity index (χ3v) is 7.22. The van der Waals surface area contributed by atoms with E-state index in [0.29, 0.717) is 33.7 Å². The van der Waals surface area contributed by atoms with Crippen LogP contribution in [0.2, 0.25) is 5.02 Å². The first kappa shape index (κ1) is 24.0. The Morgan fingerprint density at radius 3 is 2.25 bits per heavy atom. The summed E-state index contributed by atoms with van der Waals surface area (Å²) >= 11 is 5.90. The minimum Gasteiger partial charge on any atom is -0.431 e. The molecule has 3 aromatic rings. The Balaban J connectivity index is 1.30. The molecular formula is C28H29ClN4O3. The Morgan fingerprint density at radius 2 is 1.61 bits per heavy atom. The van der Waals surface area contributed by atoms with Gasteiger partial charge in [-0.05, 0) is 74.1 Å². The highest BCUT2D eigenvalue weighted by Crippen LogP contribution is 2.40. The number of nitrogens with one attached hydrogen (secondary N) is 2. The summed E-state index contributed by atoms with van der Waals surface area (Å²) in [6, 6.07) is 21.6. The number of hydrogen-bond acceptors (Lipinski definition) is 5. The van der Waals surface area contributed by atoms with Gasteiger partial charge in [0.15, 0.2) is 0 Å². The molecule has 2 heterocycles. The molecule has 6 rings (SSSR count). The van der Waals surface area contributed by atoms with Gasteiger partial charge in [0.05, 0.1) is 11.4 Å². The number of carbonyl (C=O) groups excluding carboxylic acids is 2. The van der Waals surface area contributed by atoms with Crippen molar-refractivity contribution >= 4 is 46.4 Å². The third-order valence-electron chi connectivity index (χ3n) is 6.97. The van der Waals surface area contributed by atoms with E-state index < -0.39 is 18.1 Å². The fraction of sp³-hybridized carbons (Fsp3) is 0.286. The first-order valence-corrected chi connectivity index (χ1v) is 12.6. The van der Waals surface area contributed by atoms with Crippen LogP contribution >= 0.6 is 11.6 Å². The summed E-state index contributed by atoms with van der Waals surface area (Å²) < 4.78 is 5.55. The fourth-order valence-corrected chi connectivity index (χ4v) is 5.28. The van der Waals surface area contributed by atoms with Crippen LogP contribution in [0.4, 0.5) is 27.5 Å². The second-order valence-corrected chi connectivity index (χ2v) is 9.85. The van der Waals surface area contributed by atoms with Crippen molar-refractivity contribution in [1.82, 2.24) is 0 Å². The number of fused-ring (bicyclic) bond motifs is 3. The number of nitrogens with two attached hydrogens (primary N) is 1. The SMILES string of the molecule is Nc1cc(NC(=O)[C@H](OC(=O)Nc2ccc(Cl)cc2)c2ccccc2)ccc1N1CC2CCC1CC2. The van der Waals surface area contributed by atoms with Gasteiger partial charge in [-0.25, -0.2) is 4.79 Å². The molecule has 1 saturated carbocycles. The Labute approximate surface area is 215 Å². The molecule has 36 heavy (non-hydrogen) atoms. The van der Waals surface area contributed by atoms with Crippen molar-refractivity contribution in [2.45, 2.75) is 37.8 Å². The maximum absolute atomic E-state index is 13.3. The largest absolute Gasteiger partial charge is 0.431 e. The second kappa shape index (κ2) is 10.5. The van der Waals surface area contributed by atoms with Crippen molar-refractivity contribution in [3.63, 3.8) is 0 Å². The van der Waals surface area contributed by atoms with E-state index in [1.165, 1.54) is 25.7 Å². The van der Waals surface area contributed by atoms with Gasteiger partial charge in [-0.3, -0.25) is 10.1 Å². The molecule has 3 aliphatic rings. The van der Waals surface area contributed by atoms with Crippen LogP contribution in [0.5, 0.6) is 0 Å². The molecule has 4 N–H and O–H groups in total. The zero-order valence-electron chi connectivity index (χ0n) is 19.8. The smallest absolute Gasteiger partial charge is 0.412 e. The molecule has 3 aromatic carbocycles. The Hall–Kier alpha value is -3.71. The van der Waals surface area contributed by atoms with Crippen LogP contribution in [-0.4, -0.2) is 24.6 Å². The highest BCUT2D eigenvalue weighted by molar-refractivity contribution is 6.30. The number of benzene rings is 3. The summed E-state index contributed by atoms with van der Waals surface area (Å²) in [6.07, 6.45) is 3.09. The average molecular weight is 505 g/mol. The topological polar surface area (TPSA) is 96.7 Å². The van der Waals surface area contributed by atoms with Gasteiger partial charge < -0.3 is 20.7 Å². The van der Waals surface area contributed by atoms with E-state index in [0.717, 1.165) is 18.2 Å². The quantitative estimate of drug-likeness (QED) is 0.346. The predicted molar refractivity (Wildman–Crippen MR) is 143 cm³/mol. The number of ether oxygens (including phenoxy) is 1. The molecule has 0 spiro atoms. The van der Waals surface area contributed by atoms with Crippen molar-refractivity contribution in [2.24, 2.45) is 5.92 Å². The highest BCUT2D eigenvalue weighted by Gasteiger charge is 2.34. The number of anilines is 4. The van der Waals surface area contributed by atoms with Crippen molar-refractivity contribution < 1.29 is 14.3 Å². The van der Waals surface area contributed by atoms with Crippen LogP contribution in [0.25, 0.3) is 0 Å². The molecule has 0 aromatic heterocycles. The molecule has 2 aliphatic heterocycles. The van der Waals surface area contributed by atoms with Gasteiger partial charge in [-0.15, -0.1) is 0 Å². The second-order valence-electron chi connectivity index (χ2n) is 9.42. The summed E-state index contributed by atoms with van der Waals surface area (Å²) in [5.74, 6) is 0.258. The summed E-state index contributed by atoms with van der Waals surface area (Å²) in [4.78, 5) is 28.3. The van der Waals surface area contributed by atoms with E-state index in [2.05, 4.69) is 15.5 Å². The van der Waals surface area contributed by atoms with E-state index in [4.69, 9.17) is 22.1 Å². The van der Waals surface area contributed by atoms with Gasteiger partial charge in [0.2, 0.25) is 6.10 Å². The first-order chi connectivity index (χ1) is 17.5. The third kappa shape index (κ3) is 5.41. The zero-order chi connectivity index (χ0) is 25.1. The van der Waals surface area contributed by atoms with Crippen LogP contribution in [-0.2, 0) is 9.53 Å². The lowest BCUT2D eigenvalue weighted by molar-refractivity contribution is -0.124. The number of carbonyl (C=O) groups is 2. The molecule has 1 atom stereocenters. The Bertz CT molecular complexity index is 1230. The lowest BCUT2D eigenvalue weighted by Crippen LogP contribution is -2.48. The first-order valence-electron chi connectivity index (χ1n) is 12.2. The van der Waals surface area contributed by atoms with Crippen molar-refractivity contribution in [3.8, 4) is 0 Å². The molecule has 186 valence electrons. The minimum atomic E-state index is -1.16. The van der Waals surface area contributed by atoms with Gasteiger partial charge in [0.1, 0.15) is 0 Å². The molecule has 2 amide bonds. The zero-order valence-corrected chi connectivity index (χ0v) is 20.6. The van der Waals surface area contributed by atoms with E-state index in [1.807, 2.05) is 18.2 Å². The van der Waals surface area contributed by atoms with Gasteiger partial charge in [0.25, 0.3) is 5.91 Å². The minimum absolute atomic E-state index is 0.475. The number of amides is 2. The standard InChI is InChI=1S/C28H29ClN4O3/c29-20-8-10-21(11-9-20)32-28(35)36-26(19-4-2-1-3-5-19)27(34)31-22-12-15-25(24(30)16-22)33-17-18-6-13-23(33)14-7-18/h1-5,8-12,15-16,18,23,26H,6-7,13-14,17,30H2,(H,31,34)(H,32,35)/t18?,23?,26-/m1/s1. The van der Waals surface area contributed by atoms with E-state index >= 15 is 0 Å². The van der Waals surface area contributed by atoms with Gasteiger partial charge in [-0.1, -0.05) is 41.9 Å². The fourth-order valence-electron chi connectivity index (χ4n) is 5.15. The summed E-state index contributed by atoms with van der Waals surface area (Å²) in [6.45, 7) is 1.03. The molecular weight excluding hydrogens is 476 g/mol. The van der Waals surface area contributed by atoms with Crippen LogP contribution in [0.1, 0.15) is 37.4 Å². The number of piperidine rings is 2. The highest BCUT2D eigenvalue weighted by atomic mass is 35.5. The molecule has 7 nitrogen and oxygen atoms in total. The van der Waals surface area contributed by atoms with Gasteiger partial charge in [0, 0.05) is 34.5 Å². The molecule has 0 radical (unpaired) electrons. The summed E-state index contributed by atoms with van der Waals surface area (Å²) in [7, 11) is 0. The van der Waals surface area contributed by atoms with Gasteiger partial charge in [-0.2, -0.15) is 0 Å². The molecule has 2 bridgehead atoms. The average Bonchev–Trinajstić information content (AvgIpc) is 2.90. The number of hydrogen-bond donors (Lipinski definition) is 3. The predicted octanol–water partition coefficient (Wildman–Crippen LogP) is 6.23. The number of halogens is 1. The lowest BCUT2D eigenvalue weighted by atomic mass is 9.79. The molecule has 0 unspecified atom stereocenters. The normalized spacial score (nSPS) is 19.4. The van der Waals surface area contributed by atoms with Crippen LogP contribution < -0.4 is 21.3 Å². The number of nitrogens with zero attached hydrogens (tertiary/aromatic N) is 1. The van der Waals surface area contributed by atoms with Gasteiger partial charge >= 0.3 is 6.09 Å². The molecule has 8 heteroatoms. The maximum Gasteiger partial charge on any atom is 0.412 e. The molecule has 1 aliphatic carbocycles. The van der Waals surface area contributed by atoms with E-state index in [-0.39, 0.29) is 0 Å². The van der Waals surface area contributed by atoms with Crippen LogP contribution in [0.3, 0.4) is 0 Å². The maximum atomic E-state index is 13.3. The Morgan fingerprint density at radius 1 is 0.917 bits per heavy atom. The van der Waals surface area contributed by atoms with Crippen molar-refractivity contribution in [2.75, 3.05) is 27.8 Å².